The fraction of sp³-hybridized carbons (Fsp3) is 0.467. The van der Waals surface area contributed by atoms with E-state index in [1.165, 1.54) is 5.56 Å². The molecule has 1 fully saturated rings. The van der Waals surface area contributed by atoms with Gasteiger partial charge in [-0.1, -0.05) is 37.3 Å². The Hall–Kier alpha value is -1.22. The minimum Gasteiger partial charge on any atom is -0.361 e. The molecule has 1 heterocycles. The quantitative estimate of drug-likeness (QED) is 0.710. The summed E-state index contributed by atoms with van der Waals surface area (Å²) in [6.45, 7) is 3.51. The molecule has 2 atom stereocenters. The van der Waals surface area contributed by atoms with E-state index in [2.05, 4.69) is 0 Å². The third kappa shape index (κ3) is 2.61. The Morgan fingerprint density at radius 2 is 1.94 bits per heavy atom. The van der Waals surface area contributed by atoms with Gasteiger partial charge < -0.3 is 4.74 Å². The molecule has 18 heavy (non-hydrogen) atoms. The Kier molecular flexibility index (Phi) is 3.81. The van der Waals surface area contributed by atoms with Crippen LogP contribution in [0.15, 0.2) is 42.0 Å². The van der Waals surface area contributed by atoms with Crippen LogP contribution in [0.25, 0.3) is 0 Å². The Morgan fingerprint density at radius 3 is 2.50 bits per heavy atom. The molecule has 0 aromatic heterocycles. The van der Waals surface area contributed by atoms with Gasteiger partial charge in [0.15, 0.2) is 0 Å². The summed E-state index contributed by atoms with van der Waals surface area (Å²) in [5.74, 6) is 0. The van der Waals surface area contributed by atoms with E-state index < -0.39 is 11.7 Å². The fourth-order valence-corrected chi connectivity index (χ4v) is 2.48. The Morgan fingerprint density at radius 1 is 1.28 bits per heavy atom. The van der Waals surface area contributed by atoms with Crippen molar-refractivity contribution in [3.8, 4) is 0 Å². The van der Waals surface area contributed by atoms with Gasteiger partial charge in [-0.3, -0.25) is 0 Å². The van der Waals surface area contributed by atoms with Crippen LogP contribution < -0.4 is 0 Å². The highest BCUT2D eigenvalue weighted by Gasteiger charge is 2.55. The van der Waals surface area contributed by atoms with Crippen molar-refractivity contribution in [3.05, 3.63) is 47.5 Å². The molecular formula is C15H18F2O. The lowest BCUT2D eigenvalue weighted by Gasteiger charge is -2.08. The highest BCUT2D eigenvalue weighted by atomic mass is 19.3. The van der Waals surface area contributed by atoms with E-state index in [9.17, 15) is 8.78 Å². The second kappa shape index (κ2) is 5.19. The minimum atomic E-state index is -1.58. The van der Waals surface area contributed by atoms with E-state index in [1.807, 2.05) is 30.3 Å². The van der Waals surface area contributed by atoms with Crippen molar-refractivity contribution in [2.75, 3.05) is 0 Å². The van der Waals surface area contributed by atoms with E-state index in [4.69, 9.17) is 4.74 Å². The van der Waals surface area contributed by atoms with Gasteiger partial charge in [-0.25, -0.2) is 0 Å². The van der Waals surface area contributed by atoms with Gasteiger partial charge in [-0.15, -0.1) is 0 Å². The summed E-state index contributed by atoms with van der Waals surface area (Å²) < 4.78 is 31.0. The van der Waals surface area contributed by atoms with E-state index >= 15 is 0 Å². The van der Waals surface area contributed by atoms with Crippen molar-refractivity contribution in [3.63, 3.8) is 0 Å². The summed E-state index contributed by atoms with van der Waals surface area (Å²) in [5, 5.41) is 0. The first-order valence-corrected chi connectivity index (χ1v) is 6.34. The average Bonchev–Trinajstić information content (AvgIpc) is 3.00. The monoisotopic (exact) mass is 252 g/mol. The maximum atomic E-state index is 12.8. The van der Waals surface area contributed by atoms with Crippen molar-refractivity contribution in [1.29, 1.82) is 0 Å². The van der Waals surface area contributed by atoms with E-state index in [-0.39, 0.29) is 11.7 Å². The zero-order valence-corrected chi connectivity index (χ0v) is 10.7. The SMILES string of the molecule is CCC(=C(F)F)[C@]1(C)O[C@H]1CCc1ccccc1. The Balaban J connectivity index is 1.93. The Labute approximate surface area is 106 Å². The average molecular weight is 252 g/mol. The fourth-order valence-electron chi connectivity index (χ4n) is 2.48. The number of hydrogen-bond donors (Lipinski definition) is 0. The third-order valence-electron chi connectivity index (χ3n) is 3.66. The molecule has 0 aliphatic carbocycles. The summed E-state index contributed by atoms with van der Waals surface area (Å²) in [5.41, 5.74) is 0.640. The molecule has 0 spiro atoms. The summed E-state index contributed by atoms with van der Waals surface area (Å²) in [7, 11) is 0. The lowest BCUT2D eigenvalue weighted by Crippen LogP contribution is -2.14. The molecule has 1 nitrogen and oxygen atoms in total. The zero-order valence-electron chi connectivity index (χ0n) is 10.7. The van der Waals surface area contributed by atoms with Crippen LogP contribution in [-0.2, 0) is 11.2 Å². The molecular weight excluding hydrogens is 234 g/mol. The second-order valence-electron chi connectivity index (χ2n) is 4.83. The number of aryl methyl sites for hydroxylation is 1. The van der Waals surface area contributed by atoms with Gasteiger partial charge in [0.1, 0.15) is 5.60 Å². The normalized spacial score (nSPS) is 25.9. The van der Waals surface area contributed by atoms with E-state index in [0.717, 1.165) is 12.8 Å². The molecule has 1 aromatic carbocycles. The van der Waals surface area contributed by atoms with Gasteiger partial charge in [-0.05, 0) is 31.7 Å². The molecule has 1 aliphatic heterocycles. The maximum Gasteiger partial charge on any atom is 0.272 e. The molecule has 1 saturated heterocycles. The van der Waals surface area contributed by atoms with Crippen LogP contribution in [0, 0.1) is 0 Å². The van der Waals surface area contributed by atoms with Crippen LogP contribution in [0.4, 0.5) is 8.78 Å². The van der Waals surface area contributed by atoms with Crippen LogP contribution in [0.5, 0.6) is 0 Å². The number of epoxide rings is 1. The third-order valence-corrected chi connectivity index (χ3v) is 3.66. The molecule has 0 amide bonds. The highest BCUT2D eigenvalue weighted by molar-refractivity contribution is 5.27. The predicted octanol–water partition coefficient (Wildman–Crippen LogP) is 4.34. The van der Waals surface area contributed by atoms with Gasteiger partial charge >= 0.3 is 0 Å². The first kappa shape index (κ1) is 13.2. The first-order chi connectivity index (χ1) is 8.58. The van der Waals surface area contributed by atoms with Gasteiger partial charge in [0.25, 0.3) is 6.08 Å². The molecule has 1 aliphatic rings. The zero-order chi connectivity index (χ0) is 13.2. The number of rotatable bonds is 5. The second-order valence-corrected chi connectivity index (χ2v) is 4.83. The topological polar surface area (TPSA) is 12.5 Å². The van der Waals surface area contributed by atoms with Crippen molar-refractivity contribution < 1.29 is 13.5 Å². The van der Waals surface area contributed by atoms with Crippen LogP contribution in [0.1, 0.15) is 32.3 Å². The molecule has 0 radical (unpaired) electrons. The first-order valence-electron chi connectivity index (χ1n) is 6.34. The van der Waals surface area contributed by atoms with Crippen LogP contribution in [0.2, 0.25) is 0 Å². The summed E-state index contributed by atoms with van der Waals surface area (Å²) in [6.07, 6.45) is 0.348. The predicted molar refractivity (Wildman–Crippen MR) is 67.6 cm³/mol. The maximum absolute atomic E-state index is 12.8. The van der Waals surface area contributed by atoms with Crippen LogP contribution in [-0.4, -0.2) is 11.7 Å². The number of halogens is 2. The number of ether oxygens (including phenoxy) is 1. The molecule has 2 rings (SSSR count). The molecule has 0 bridgehead atoms. The highest BCUT2D eigenvalue weighted by Crippen LogP contribution is 2.47. The minimum absolute atomic E-state index is 0.0749. The smallest absolute Gasteiger partial charge is 0.272 e. The van der Waals surface area contributed by atoms with Crippen LogP contribution >= 0.6 is 0 Å². The summed E-state index contributed by atoms with van der Waals surface area (Å²) >= 11 is 0. The van der Waals surface area contributed by atoms with Gasteiger partial charge in [-0.2, -0.15) is 8.78 Å². The number of benzene rings is 1. The molecule has 0 N–H and O–H groups in total. The van der Waals surface area contributed by atoms with Gasteiger partial charge in [0.2, 0.25) is 0 Å². The van der Waals surface area contributed by atoms with Crippen molar-refractivity contribution in [1.82, 2.24) is 0 Å². The standard InChI is InChI=1S/C15H18F2O/c1-3-12(14(16)17)15(2)13(18-15)10-9-11-7-5-4-6-8-11/h4-8,13H,3,9-10H2,1-2H3/t13-,15-/m0/s1. The van der Waals surface area contributed by atoms with E-state index in [0.29, 0.717) is 6.42 Å². The van der Waals surface area contributed by atoms with Crippen molar-refractivity contribution in [2.45, 2.75) is 44.8 Å². The summed E-state index contributed by atoms with van der Waals surface area (Å²) in [6, 6.07) is 10.0. The number of hydrogen-bond acceptors (Lipinski definition) is 1. The van der Waals surface area contributed by atoms with Crippen molar-refractivity contribution in [2.24, 2.45) is 0 Å². The molecule has 1 aromatic rings. The molecule has 98 valence electrons. The lowest BCUT2D eigenvalue weighted by atomic mass is 9.93. The molecule has 0 saturated carbocycles. The van der Waals surface area contributed by atoms with Crippen molar-refractivity contribution >= 4 is 0 Å². The van der Waals surface area contributed by atoms with E-state index in [1.54, 1.807) is 13.8 Å². The Bertz CT molecular complexity index is 437. The van der Waals surface area contributed by atoms with Gasteiger partial charge in [0.05, 0.1) is 6.10 Å². The van der Waals surface area contributed by atoms with Gasteiger partial charge in [0, 0.05) is 5.57 Å². The molecule has 0 unspecified atom stereocenters. The largest absolute Gasteiger partial charge is 0.361 e. The molecule has 3 heteroatoms. The lowest BCUT2D eigenvalue weighted by molar-refractivity contribution is 0.310. The summed E-state index contributed by atoms with van der Waals surface area (Å²) in [4.78, 5) is 0. The van der Waals surface area contributed by atoms with Crippen LogP contribution in [0.3, 0.4) is 0 Å².